The third-order valence-corrected chi connectivity index (χ3v) is 7.80. The first-order valence-corrected chi connectivity index (χ1v) is 9.89. The van der Waals surface area contributed by atoms with Crippen molar-refractivity contribution in [3.8, 4) is 0 Å². The molecule has 0 radical (unpaired) electrons. The van der Waals surface area contributed by atoms with Crippen LogP contribution < -0.4 is 0 Å². The van der Waals surface area contributed by atoms with Gasteiger partial charge in [0.1, 0.15) is 17.7 Å². The zero-order valence-electron chi connectivity index (χ0n) is 15.5. The van der Waals surface area contributed by atoms with Gasteiger partial charge in [-0.1, -0.05) is 13.5 Å². The van der Waals surface area contributed by atoms with Crippen LogP contribution in [-0.4, -0.2) is 69.3 Å². The fraction of sp³-hybridized carbons (Fsp3) is 0.636. The first-order chi connectivity index (χ1) is 12.7. The van der Waals surface area contributed by atoms with Gasteiger partial charge in [0.25, 0.3) is 0 Å². The molecule has 0 aromatic heterocycles. The minimum Gasteiger partial charge on any atom is -0.504 e. The summed E-state index contributed by atoms with van der Waals surface area (Å²) in [7, 11) is 2.15. The number of likely N-dealkylation sites (N-methyl/N-ethyl adjacent to an activating group) is 1. The quantitative estimate of drug-likeness (QED) is 0.625. The molecule has 1 aliphatic heterocycles. The predicted molar refractivity (Wildman–Crippen MR) is 103 cm³/mol. The van der Waals surface area contributed by atoms with E-state index in [4.69, 9.17) is 0 Å². The smallest absolute Gasteiger partial charge is 0.220 e. The summed E-state index contributed by atoms with van der Waals surface area (Å²) in [6, 6.07) is -0.279. The van der Waals surface area contributed by atoms with E-state index in [0.29, 0.717) is 28.9 Å². The number of nitrogens with zero attached hydrogens (tertiary/aromatic N) is 1. The number of rotatable bonds is 2. The van der Waals surface area contributed by atoms with E-state index in [2.05, 4.69) is 7.05 Å². The lowest BCUT2D eigenvalue weighted by molar-refractivity contribution is -0.944. The molecule has 3 N–H and O–H groups in total. The van der Waals surface area contributed by atoms with E-state index < -0.39 is 28.7 Å². The van der Waals surface area contributed by atoms with E-state index in [9.17, 15) is 24.9 Å². The molecule has 3 fully saturated rings. The molecule has 152 valence electrons. The van der Waals surface area contributed by atoms with Crippen molar-refractivity contribution in [1.29, 1.82) is 0 Å². The van der Waals surface area contributed by atoms with Gasteiger partial charge in [0.05, 0.1) is 25.6 Å². The molecule has 0 aromatic carbocycles. The molecule has 5 aliphatic rings. The van der Waals surface area contributed by atoms with Crippen molar-refractivity contribution in [3.63, 3.8) is 0 Å². The molecule has 6 heteroatoms. The molecule has 0 amide bonds. The maximum atomic E-state index is 12.5. The highest BCUT2D eigenvalue weighted by Crippen LogP contribution is 2.63. The summed E-state index contributed by atoms with van der Waals surface area (Å²) in [5.74, 6) is -0.634. The molecule has 2 saturated carbocycles. The summed E-state index contributed by atoms with van der Waals surface area (Å²) in [5, 5.41) is 33.7. The van der Waals surface area contributed by atoms with Crippen molar-refractivity contribution in [3.05, 3.63) is 35.1 Å². The summed E-state index contributed by atoms with van der Waals surface area (Å²) >= 11 is 0. The highest BCUT2D eigenvalue weighted by atomic mass is 16.3. The number of likely N-dealkylation sites (tertiary alicyclic amines) is 1. The number of Topliss-reactive ketones (excluding diaryl/α,β-unsaturated/α-hetero) is 1. The lowest BCUT2D eigenvalue weighted by Crippen LogP contribution is -2.79. The molecule has 4 aliphatic carbocycles. The number of piperidine rings is 1. The lowest BCUT2D eigenvalue weighted by atomic mass is 9.47. The molecule has 0 spiro atoms. The van der Waals surface area contributed by atoms with Crippen LogP contribution in [0.4, 0.5) is 0 Å². The fourth-order valence-electron chi connectivity index (χ4n) is 6.29. The molecule has 1 saturated heterocycles. The largest absolute Gasteiger partial charge is 0.504 e. The van der Waals surface area contributed by atoms with E-state index in [1.807, 2.05) is 6.08 Å². The van der Waals surface area contributed by atoms with Gasteiger partial charge in [-0.15, -0.1) is 0 Å². The van der Waals surface area contributed by atoms with Crippen LogP contribution in [0.15, 0.2) is 35.1 Å². The van der Waals surface area contributed by atoms with Gasteiger partial charge in [-0.05, 0) is 37.0 Å². The second kappa shape index (κ2) is 5.88. The lowest BCUT2D eigenvalue weighted by Gasteiger charge is -2.65. The van der Waals surface area contributed by atoms with Crippen LogP contribution in [-0.2, 0) is 9.59 Å². The Morgan fingerprint density at radius 3 is 2.61 bits per heavy atom. The Balaban J connectivity index is 0.00000192. The van der Waals surface area contributed by atoms with Crippen LogP contribution >= 0.6 is 0 Å². The van der Waals surface area contributed by atoms with Crippen molar-refractivity contribution in [2.75, 3.05) is 20.1 Å². The zero-order valence-corrected chi connectivity index (χ0v) is 15.5. The number of aliphatic hydroxyl groups excluding tert-OH is 2. The molecule has 2 bridgehead atoms. The van der Waals surface area contributed by atoms with E-state index in [1.165, 1.54) is 18.9 Å². The highest BCUT2D eigenvalue weighted by Gasteiger charge is 2.73. The second-order valence-corrected chi connectivity index (χ2v) is 9.33. The number of fused-ring (bicyclic) bond motifs is 1. The minimum atomic E-state index is -1.41. The monoisotopic (exact) mass is 388 g/mol. The molecular weight excluding hydrogens is 358 g/mol. The average molecular weight is 388 g/mol. The number of hydrogen-bond acceptors (Lipinski definition) is 5. The van der Waals surface area contributed by atoms with E-state index in [0.717, 1.165) is 6.54 Å². The standard InChI is InChI=1S/C21H25NO5.CH4/c1-22(11-12-2-3-12)9-8-20-17-13(4-5-14(23)18(17)25)10-16(22)21(20,27)7-6-15(24)19(20)26;/h4-5,10,12,16,19,26-27H,2-3,6-9,11H2,1H3;1H4/p+1/t16-,19?,20+,21-,22?;/m1./s1. The summed E-state index contributed by atoms with van der Waals surface area (Å²) in [5.41, 5.74) is -1.74. The Bertz CT molecular complexity index is 853. The number of allylic oxidation sites excluding steroid dienone is 3. The van der Waals surface area contributed by atoms with Gasteiger partial charge in [-0.25, -0.2) is 0 Å². The second-order valence-electron chi connectivity index (χ2n) is 9.33. The summed E-state index contributed by atoms with van der Waals surface area (Å²) in [6.07, 6.45) is 6.68. The van der Waals surface area contributed by atoms with E-state index >= 15 is 0 Å². The fourth-order valence-corrected chi connectivity index (χ4v) is 6.29. The number of carbonyl (C=O) groups excluding carboxylic acids is 2. The van der Waals surface area contributed by atoms with Gasteiger partial charge >= 0.3 is 0 Å². The summed E-state index contributed by atoms with van der Waals surface area (Å²) in [4.78, 5) is 24.7. The molecule has 5 rings (SSSR count). The summed E-state index contributed by atoms with van der Waals surface area (Å²) < 4.78 is 0.670. The van der Waals surface area contributed by atoms with Gasteiger partial charge in [-0.2, -0.15) is 0 Å². The first kappa shape index (κ1) is 19.6. The van der Waals surface area contributed by atoms with Crippen molar-refractivity contribution in [2.45, 2.75) is 57.3 Å². The average Bonchev–Trinajstić information content (AvgIpc) is 3.43. The van der Waals surface area contributed by atoms with Gasteiger partial charge in [0.15, 0.2) is 11.5 Å². The molecule has 5 atom stereocenters. The Morgan fingerprint density at radius 2 is 1.93 bits per heavy atom. The Kier molecular flexibility index (Phi) is 4.10. The number of hydrogen-bond donors (Lipinski definition) is 3. The van der Waals surface area contributed by atoms with Crippen molar-refractivity contribution < 1.29 is 29.4 Å². The van der Waals surface area contributed by atoms with Crippen LogP contribution in [0.1, 0.15) is 39.5 Å². The molecule has 0 aromatic rings. The SMILES string of the molecule is C.C[N+]1(CC2CC2)CC[C@@]23C4=C(O)C(=O)C=CC4=C[C@@H]1[C@]2(O)CCC(=O)C3O. The normalized spacial score (nSPS) is 44.5. The van der Waals surface area contributed by atoms with Crippen LogP contribution in [0.2, 0.25) is 0 Å². The molecule has 6 nitrogen and oxygen atoms in total. The number of carbonyl (C=O) groups is 2. The third-order valence-electron chi connectivity index (χ3n) is 7.80. The van der Waals surface area contributed by atoms with Crippen molar-refractivity contribution in [2.24, 2.45) is 11.3 Å². The highest BCUT2D eigenvalue weighted by molar-refractivity contribution is 6.06. The topological polar surface area (TPSA) is 94.8 Å². The maximum absolute atomic E-state index is 12.5. The van der Waals surface area contributed by atoms with Gasteiger partial charge in [0.2, 0.25) is 5.78 Å². The van der Waals surface area contributed by atoms with Crippen molar-refractivity contribution >= 4 is 11.6 Å². The Hall–Kier alpha value is -1.76. The molecule has 28 heavy (non-hydrogen) atoms. The minimum absolute atomic E-state index is 0. The number of aliphatic hydroxyl groups is 3. The predicted octanol–water partition coefficient (Wildman–Crippen LogP) is 1.58. The molecule has 2 unspecified atom stereocenters. The Labute approximate surface area is 165 Å². The third kappa shape index (κ3) is 2.19. The van der Waals surface area contributed by atoms with E-state index in [1.54, 1.807) is 6.08 Å². The van der Waals surface area contributed by atoms with Crippen molar-refractivity contribution in [1.82, 2.24) is 0 Å². The van der Waals surface area contributed by atoms with Crippen LogP contribution in [0.5, 0.6) is 0 Å². The van der Waals surface area contributed by atoms with Crippen LogP contribution in [0.25, 0.3) is 0 Å². The van der Waals surface area contributed by atoms with Gasteiger partial charge in [0, 0.05) is 24.3 Å². The molecular formula is C22H30NO5+. The number of ketones is 2. The van der Waals surface area contributed by atoms with Crippen LogP contribution in [0.3, 0.4) is 0 Å². The zero-order chi connectivity index (χ0) is 19.2. The molecule has 1 heterocycles. The number of quaternary nitrogens is 1. The Morgan fingerprint density at radius 1 is 1.21 bits per heavy atom. The van der Waals surface area contributed by atoms with Gasteiger partial charge in [-0.3, -0.25) is 9.59 Å². The summed E-state index contributed by atoms with van der Waals surface area (Å²) in [6.45, 7) is 1.65. The maximum Gasteiger partial charge on any atom is 0.220 e. The van der Waals surface area contributed by atoms with E-state index in [-0.39, 0.29) is 37.7 Å². The van der Waals surface area contributed by atoms with Gasteiger partial charge < -0.3 is 19.8 Å². The first-order valence-electron chi connectivity index (χ1n) is 9.89. The van der Waals surface area contributed by atoms with Crippen LogP contribution in [0, 0.1) is 11.3 Å².